The van der Waals surface area contributed by atoms with Gasteiger partial charge in [-0.15, -0.1) is 0 Å². The van der Waals surface area contributed by atoms with Crippen LogP contribution in [0.15, 0.2) is 11.6 Å². The molecule has 1 atom stereocenters. The van der Waals surface area contributed by atoms with Crippen molar-refractivity contribution in [2.24, 2.45) is 11.8 Å². The average molecular weight is 182 g/mol. The van der Waals surface area contributed by atoms with E-state index in [-0.39, 0.29) is 6.10 Å². The van der Waals surface area contributed by atoms with Crippen LogP contribution in [-0.2, 0) is 0 Å². The van der Waals surface area contributed by atoms with E-state index < -0.39 is 0 Å². The van der Waals surface area contributed by atoms with Gasteiger partial charge in [-0.25, -0.2) is 0 Å². The molecule has 13 heavy (non-hydrogen) atoms. The van der Waals surface area contributed by atoms with Gasteiger partial charge < -0.3 is 5.11 Å². The lowest BCUT2D eigenvalue weighted by Crippen LogP contribution is -2.14. The van der Waals surface area contributed by atoms with Crippen molar-refractivity contribution in [1.82, 2.24) is 0 Å². The minimum atomic E-state index is -0.259. The molecule has 1 unspecified atom stereocenters. The molecule has 1 heteroatoms. The molecule has 1 rings (SSSR count). The molecule has 1 nitrogen and oxygen atoms in total. The van der Waals surface area contributed by atoms with Gasteiger partial charge in [0.25, 0.3) is 0 Å². The maximum Gasteiger partial charge on any atom is 0.0695 e. The molecule has 0 heterocycles. The van der Waals surface area contributed by atoms with Gasteiger partial charge in [-0.3, -0.25) is 0 Å². The van der Waals surface area contributed by atoms with Gasteiger partial charge >= 0.3 is 0 Å². The predicted molar refractivity (Wildman–Crippen MR) is 56.6 cm³/mol. The highest BCUT2D eigenvalue weighted by Crippen LogP contribution is 2.32. The maximum atomic E-state index is 9.20. The standard InChI is InChI=1S/C12H22O/c1-9(2)12-6-4-11(5-7-12)8-10(3)13/h8-10,12-13H,4-7H2,1-3H3. The predicted octanol–water partition coefficient (Wildman–Crippen LogP) is 3.14. The molecular weight excluding hydrogens is 160 g/mol. The van der Waals surface area contributed by atoms with Gasteiger partial charge in [-0.05, 0) is 44.4 Å². The van der Waals surface area contributed by atoms with Crippen LogP contribution >= 0.6 is 0 Å². The Bertz CT molecular complexity index is 170. The van der Waals surface area contributed by atoms with Gasteiger partial charge in [0.05, 0.1) is 6.10 Å². The van der Waals surface area contributed by atoms with E-state index in [0.29, 0.717) is 0 Å². The van der Waals surface area contributed by atoms with Crippen molar-refractivity contribution in [3.63, 3.8) is 0 Å². The fourth-order valence-corrected chi connectivity index (χ4v) is 2.19. The molecule has 1 aliphatic rings. The van der Waals surface area contributed by atoms with Crippen molar-refractivity contribution < 1.29 is 5.11 Å². The Morgan fingerprint density at radius 3 is 2.15 bits per heavy atom. The molecule has 0 amide bonds. The normalized spacial score (nSPS) is 26.2. The Hall–Kier alpha value is -0.300. The minimum Gasteiger partial charge on any atom is -0.389 e. The molecular formula is C12H22O. The van der Waals surface area contributed by atoms with Crippen LogP contribution in [0.5, 0.6) is 0 Å². The van der Waals surface area contributed by atoms with Gasteiger partial charge in [0, 0.05) is 0 Å². The second-order valence-corrected chi connectivity index (χ2v) is 4.65. The molecule has 1 N–H and O–H groups in total. The van der Waals surface area contributed by atoms with E-state index in [0.717, 1.165) is 11.8 Å². The molecule has 0 aromatic rings. The number of aliphatic hydroxyl groups excluding tert-OH is 1. The molecule has 1 fully saturated rings. The van der Waals surface area contributed by atoms with E-state index in [4.69, 9.17) is 0 Å². The third-order valence-electron chi connectivity index (χ3n) is 3.09. The largest absolute Gasteiger partial charge is 0.389 e. The molecule has 0 saturated heterocycles. The lowest BCUT2D eigenvalue weighted by atomic mass is 9.79. The van der Waals surface area contributed by atoms with Crippen LogP contribution in [0.2, 0.25) is 0 Å². The first kappa shape index (κ1) is 10.8. The molecule has 0 spiro atoms. The van der Waals surface area contributed by atoms with Crippen LogP contribution in [0, 0.1) is 11.8 Å². The van der Waals surface area contributed by atoms with E-state index in [1.54, 1.807) is 0 Å². The third-order valence-corrected chi connectivity index (χ3v) is 3.09. The van der Waals surface area contributed by atoms with Gasteiger partial charge in [0.1, 0.15) is 0 Å². The molecule has 0 radical (unpaired) electrons. The average Bonchev–Trinajstić information content (AvgIpc) is 2.04. The first-order valence-corrected chi connectivity index (χ1v) is 5.47. The third kappa shape index (κ3) is 3.51. The van der Waals surface area contributed by atoms with Gasteiger partial charge in [-0.2, -0.15) is 0 Å². The van der Waals surface area contributed by atoms with Crippen molar-refractivity contribution in [2.45, 2.75) is 52.6 Å². The second kappa shape index (κ2) is 4.80. The summed E-state index contributed by atoms with van der Waals surface area (Å²) in [5.74, 6) is 1.74. The summed E-state index contributed by atoms with van der Waals surface area (Å²) in [5, 5.41) is 9.20. The Morgan fingerprint density at radius 1 is 1.23 bits per heavy atom. The summed E-state index contributed by atoms with van der Waals surface area (Å²) in [5.41, 5.74) is 1.46. The van der Waals surface area contributed by atoms with Crippen LogP contribution in [0.1, 0.15) is 46.5 Å². The monoisotopic (exact) mass is 182 g/mol. The summed E-state index contributed by atoms with van der Waals surface area (Å²) in [6, 6.07) is 0. The second-order valence-electron chi connectivity index (χ2n) is 4.65. The van der Waals surface area contributed by atoms with Crippen molar-refractivity contribution in [1.29, 1.82) is 0 Å². The fraction of sp³-hybridized carbons (Fsp3) is 0.833. The van der Waals surface area contributed by atoms with Crippen molar-refractivity contribution >= 4 is 0 Å². The lowest BCUT2D eigenvalue weighted by molar-refractivity contribution is 0.240. The summed E-state index contributed by atoms with van der Waals surface area (Å²) in [7, 11) is 0. The van der Waals surface area contributed by atoms with E-state index in [1.165, 1.54) is 31.3 Å². The van der Waals surface area contributed by atoms with Crippen molar-refractivity contribution in [3.05, 3.63) is 11.6 Å². The van der Waals surface area contributed by atoms with E-state index >= 15 is 0 Å². The zero-order chi connectivity index (χ0) is 9.84. The Balaban J connectivity index is 2.39. The van der Waals surface area contributed by atoms with Crippen molar-refractivity contribution in [3.8, 4) is 0 Å². The number of hydrogen-bond donors (Lipinski definition) is 1. The first-order chi connectivity index (χ1) is 6.09. The maximum absolute atomic E-state index is 9.20. The minimum absolute atomic E-state index is 0.259. The number of aliphatic hydroxyl groups is 1. The summed E-state index contributed by atoms with van der Waals surface area (Å²) in [4.78, 5) is 0. The summed E-state index contributed by atoms with van der Waals surface area (Å²) in [6.45, 7) is 6.46. The zero-order valence-corrected chi connectivity index (χ0v) is 9.09. The highest BCUT2D eigenvalue weighted by molar-refractivity contribution is 5.07. The molecule has 1 aliphatic carbocycles. The smallest absolute Gasteiger partial charge is 0.0695 e. The zero-order valence-electron chi connectivity index (χ0n) is 9.09. The fourth-order valence-electron chi connectivity index (χ4n) is 2.19. The molecule has 0 bridgehead atoms. The van der Waals surface area contributed by atoms with Gasteiger partial charge in [0.15, 0.2) is 0 Å². The highest BCUT2D eigenvalue weighted by atomic mass is 16.3. The molecule has 0 aromatic carbocycles. The highest BCUT2D eigenvalue weighted by Gasteiger charge is 2.19. The van der Waals surface area contributed by atoms with Crippen LogP contribution < -0.4 is 0 Å². The summed E-state index contributed by atoms with van der Waals surface area (Å²) in [6.07, 6.45) is 6.80. The topological polar surface area (TPSA) is 20.2 Å². The number of rotatable bonds is 2. The lowest BCUT2D eigenvalue weighted by Gasteiger charge is -2.27. The van der Waals surface area contributed by atoms with Crippen LogP contribution in [0.25, 0.3) is 0 Å². The molecule has 1 saturated carbocycles. The van der Waals surface area contributed by atoms with E-state index in [9.17, 15) is 5.11 Å². The van der Waals surface area contributed by atoms with Crippen LogP contribution in [0.4, 0.5) is 0 Å². The number of hydrogen-bond acceptors (Lipinski definition) is 1. The van der Waals surface area contributed by atoms with Crippen LogP contribution in [-0.4, -0.2) is 11.2 Å². The summed E-state index contributed by atoms with van der Waals surface area (Å²) >= 11 is 0. The molecule has 0 aromatic heterocycles. The van der Waals surface area contributed by atoms with E-state index in [1.807, 2.05) is 13.0 Å². The first-order valence-electron chi connectivity index (χ1n) is 5.47. The van der Waals surface area contributed by atoms with Gasteiger partial charge in [0.2, 0.25) is 0 Å². The van der Waals surface area contributed by atoms with Crippen molar-refractivity contribution in [2.75, 3.05) is 0 Å². The van der Waals surface area contributed by atoms with Gasteiger partial charge in [-0.1, -0.05) is 25.5 Å². The molecule has 76 valence electrons. The van der Waals surface area contributed by atoms with E-state index in [2.05, 4.69) is 13.8 Å². The molecule has 0 aliphatic heterocycles. The SMILES string of the molecule is CC(O)C=C1CCC(C(C)C)CC1. The quantitative estimate of drug-likeness (QED) is 0.650. The summed E-state index contributed by atoms with van der Waals surface area (Å²) < 4.78 is 0. The Kier molecular flexibility index (Phi) is 3.98. The Labute approximate surface area is 81.9 Å². The number of allylic oxidation sites excluding steroid dienone is 1. The van der Waals surface area contributed by atoms with Crippen LogP contribution in [0.3, 0.4) is 0 Å². The Morgan fingerprint density at radius 2 is 1.77 bits per heavy atom.